The standard InChI is InChI=1S/C12H19NO3S/c1-4-16-12(15)9-6-5-7-17-11(9)13-10(14)8(2)3/h8H,4-7H2,1-3H3,(H,13,14). The summed E-state index contributed by atoms with van der Waals surface area (Å²) < 4.78 is 4.99. The normalized spacial score (nSPS) is 16.0. The summed E-state index contributed by atoms with van der Waals surface area (Å²) in [6, 6.07) is 0. The van der Waals surface area contributed by atoms with Gasteiger partial charge in [-0.1, -0.05) is 13.8 Å². The van der Waals surface area contributed by atoms with Gasteiger partial charge in [-0.15, -0.1) is 11.8 Å². The SMILES string of the molecule is CCOC(=O)C1=C(NC(=O)C(C)C)SCCC1. The van der Waals surface area contributed by atoms with E-state index in [0.29, 0.717) is 23.6 Å². The summed E-state index contributed by atoms with van der Waals surface area (Å²) in [5.74, 6) is 0.472. The zero-order valence-electron chi connectivity index (χ0n) is 10.5. The molecule has 1 N–H and O–H groups in total. The lowest BCUT2D eigenvalue weighted by Gasteiger charge is -2.20. The number of hydrogen-bond donors (Lipinski definition) is 1. The maximum absolute atomic E-state index is 11.7. The van der Waals surface area contributed by atoms with Gasteiger partial charge in [0, 0.05) is 5.92 Å². The molecule has 1 amide bonds. The van der Waals surface area contributed by atoms with Crippen LogP contribution in [0, 0.1) is 5.92 Å². The highest BCUT2D eigenvalue weighted by atomic mass is 32.2. The highest BCUT2D eigenvalue weighted by molar-refractivity contribution is 8.03. The Hall–Kier alpha value is -0.970. The van der Waals surface area contributed by atoms with Crippen molar-refractivity contribution in [2.45, 2.75) is 33.6 Å². The smallest absolute Gasteiger partial charge is 0.336 e. The van der Waals surface area contributed by atoms with Crippen molar-refractivity contribution in [1.82, 2.24) is 5.32 Å². The number of amides is 1. The lowest BCUT2D eigenvalue weighted by Crippen LogP contribution is -2.29. The van der Waals surface area contributed by atoms with Crippen LogP contribution in [0.25, 0.3) is 0 Å². The fraction of sp³-hybridized carbons (Fsp3) is 0.667. The summed E-state index contributed by atoms with van der Waals surface area (Å²) in [5.41, 5.74) is 0.608. The van der Waals surface area contributed by atoms with Crippen LogP contribution in [0.4, 0.5) is 0 Å². The largest absolute Gasteiger partial charge is 0.463 e. The van der Waals surface area contributed by atoms with Crippen LogP contribution in [-0.4, -0.2) is 24.2 Å². The first-order chi connectivity index (χ1) is 8.06. The lowest BCUT2D eigenvalue weighted by atomic mass is 10.1. The quantitative estimate of drug-likeness (QED) is 0.783. The van der Waals surface area contributed by atoms with Gasteiger partial charge in [-0.25, -0.2) is 4.79 Å². The van der Waals surface area contributed by atoms with Crippen LogP contribution in [0.5, 0.6) is 0 Å². The van der Waals surface area contributed by atoms with E-state index in [1.54, 1.807) is 6.92 Å². The molecule has 0 spiro atoms. The average molecular weight is 257 g/mol. The molecular weight excluding hydrogens is 238 g/mol. The molecule has 0 bridgehead atoms. The van der Waals surface area contributed by atoms with Crippen molar-refractivity contribution < 1.29 is 14.3 Å². The Kier molecular flexibility index (Phi) is 5.55. The van der Waals surface area contributed by atoms with Gasteiger partial charge in [-0.05, 0) is 25.5 Å². The fourth-order valence-electron chi connectivity index (χ4n) is 1.40. The molecule has 4 nitrogen and oxygen atoms in total. The first-order valence-corrected chi connectivity index (χ1v) is 6.88. The molecule has 0 atom stereocenters. The predicted molar refractivity (Wildman–Crippen MR) is 68.3 cm³/mol. The van der Waals surface area contributed by atoms with E-state index in [-0.39, 0.29) is 17.8 Å². The number of ether oxygens (including phenoxy) is 1. The van der Waals surface area contributed by atoms with Crippen LogP contribution in [0.2, 0.25) is 0 Å². The Bertz CT molecular complexity index is 337. The summed E-state index contributed by atoms with van der Waals surface area (Å²) in [5, 5.41) is 3.48. The van der Waals surface area contributed by atoms with E-state index in [0.717, 1.165) is 12.2 Å². The van der Waals surface area contributed by atoms with E-state index < -0.39 is 0 Å². The minimum atomic E-state index is -0.307. The van der Waals surface area contributed by atoms with Crippen molar-refractivity contribution in [3.05, 3.63) is 10.6 Å². The highest BCUT2D eigenvalue weighted by Gasteiger charge is 2.22. The first-order valence-electron chi connectivity index (χ1n) is 5.90. The number of carbonyl (C=O) groups excluding carboxylic acids is 2. The van der Waals surface area contributed by atoms with Gasteiger partial charge in [0.2, 0.25) is 5.91 Å². The van der Waals surface area contributed by atoms with Gasteiger partial charge in [0.05, 0.1) is 17.2 Å². The van der Waals surface area contributed by atoms with Gasteiger partial charge in [0.1, 0.15) is 0 Å². The van der Waals surface area contributed by atoms with E-state index >= 15 is 0 Å². The number of hydrogen-bond acceptors (Lipinski definition) is 4. The Balaban J connectivity index is 2.80. The summed E-state index contributed by atoms with van der Waals surface area (Å²) in [6.07, 6.45) is 1.62. The molecule has 0 saturated heterocycles. The van der Waals surface area contributed by atoms with Gasteiger partial charge >= 0.3 is 5.97 Å². The molecule has 0 unspecified atom stereocenters. The maximum Gasteiger partial charge on any atom is 0.336 e. The topological polar surface area (TPSA) is 55.4 Å². The van der Waals surface area contributed by atoms with Gasteiger partial charge in [0.25, 0.3) is 0 Å². The third kappa shape index (κ3) is 4.07. The number of rotatable bonds is 4. The van der Waals surface area contributed by atoms with E-state index in [1.807, 2.05) is 13.8 Å². The summed E-state index contributed by atoms with van der Waals surface area (Å²) in [6.45, 7) is 5.79. The molecule has 0 aromatic heterocycles. The van der Waals surface area contributed by atoms with Crippen molar-refractivity contribution in [3.8, 4) is 0 Å². The Morgan fingerprint density at radius 3 is 2.76 bits per heavy atom. The van der Waals surface area contributed by atoms with Crippen molar-refractivity contribution in [2.75, 3.05) is 12.4 Å². The number of carbonyl (C=O) groups is 2. The molecule has 0 aromatic rings. The van der Waals surface area contributed by atoms with Crippen LogP contribution in [0.15, 0.2) is 10.6 Å². The molecule has 96 valence electrons. The molecule has 1 rings (SSSR count). The van der Waals surface area contributed by atoms with E-state index in [4.69, 9.17) is 4.74 Å². The van der Waals surface area contributed by atoms with E-state index in [9.17, 15) is 9.59 Å². The van der Waals surface area contributed by atoms with Crippen LogP contribution < -0.4 is 5.32 Å². The van der Waals surface area contributed by atoms with E-state index in [2.05, 4.69) is 5.32 Å². The second kappa shape index (κ2) is 6.69. The van der Waals surface area contributed by atoms with Gasteiger partial charge in [0.15, 0.2) is 0 Å². The molecule has 0 aromatic carbocycles. The Labute approximate surface area is 106 Å². The molecule has 1 aliphatic rings. The van der Waals surface area contributed by atoms with Crippen molar-refractivity contribution in [1.29, 1.82) is 0 Å². The molecule has 0 aliphatic carbocycles. The molecule has 5 heteroatoms. The summed E-state index contributed by atoms with van der Waals surface area (Å²) in [4.78, 5) is 23.3. The minimum absolute atomic E-state index is 0.0591. The molecule has 0 saturated carbocycles. The van der Waals surface area contributed by atoms with Gasteiger partial charge in [-0.3, -0.25) is 4.79 Å². The van der Waals surface area contributed by atoms with E-state index in [1.165, 1.54) is 11.8 Å². The first kappa shape index (κ1) is 14.1. The average Bonchev–Trinajstić information content (AvgIpc) is 2.29. The fourth-order valence-corrected chi connectivity index (χ4v) is 2.43. The maximum atomic E-state index is 11.7. The predicted octanol–water partition coefficient (Wildman–Crippen LogP) is 2.06. The molecule has 1 heterocycles. The Morgan fingerprint density at radius 2 is 2.18 bits per heavy atom. The third-order valence-electron chi connectivity index (χ3n) is 2.37. The third-order valence-corrected chi connectivity index (χ3v) is 3.50. The molecular formula is C12H19NO3S. The lowest BCUT2D eigenvalue weighted by molar-refractivity contribution is -0.138. The molecule has 0 radical (unpaired) electrons. The zero-order valence-corrected chi connectivity index (χ0v) is 11.4. The Morgan fingerprint density at radius 1 is 1.47 bits per heavy atom. The second-order valence-corrected chi connectivity index (χ2v) is 5.23. The van der Waals surface area contributed by atoms with Gasteiger partial charge in [-0.2, -0.15) is 0 Å². The minimum Gasteiger partial charge on any atom is -0.463 e. The number of esters is 1. The van der Waals surface area contributed by atoms with Crippen molar-refractivity contribution in [3.63, 3.8) is 0 Å². The second-order valence-electron chi connectivity index (χ2n) is 4.12. The number of nitrogens with one attached hydrogen (secondary N) is 1. The van der Waals surface area contributed by atoms with Crippen molar-refractivity contribution >= 4 is 23.6 Å². The van der Waals surface area contributed by atoms with Crippen LogP contribution in [0.3, 0.4) is 0 Å². The summed E-state index contributed by atoms with van der Waals surface area (Å²) >= 11 is 1.52. The molecule has 1 aliphatic heterocycles. The van der Waals surface area contributed by atoms with Crippen LogP contribution >= 0.6 is 11.8 Å². The molecule has 17 heavy (non-hydrogen) atoms. The molecule has 0 fully saturated rings. The highest BCUT2D eigenvalue weighted by Crippen LogP contribution is 2.28. The summed E-state index contributed by atoms with van der Waals surface area (Å²) in [7, 11) is 0. The zero-order chi connectivity index (χ0) is 12.8. The van der Waals surface area contributed by atoms with Crippen molar-refractivity contribution in [2.24, 2.45) is 5.92 Å². The number of thioether (sulfide) groups is 1. The van der Waals surface area contributed by atoms with Crippen LogP contribution in [0.1, 0.15) is 33.6 Å². The monoisotopic (exact) mass is 257 g/mol. The van der Waals surface area contributed by atoms with Gasteiger partial charge < -0.3 is 10.1 Å². The van der Waals surface area contributed by atoms with Crippen LogP contribution in [-0.2, 0) is 14.3 Å².